The first-order valence-electron chi connectivity index (χ1n) is 7.48. The van der Waals surface area contributed by atoms with Gasteiger partial charge in [-0.05, 0) is 30.7 Å². The predicted molar refractivity (Wildman–Crippen MR) is 79.0 cm³/mol. The highest BCUT2D eigenvalue weighted by Gasteiger charge is 2.27. The van der Waals surface area contributed by atoms with Gasteiger partial charge in [0.25, 0.3) is 0 Å². The summed E-state index contributed by atoms with van der Waals surface area (Å²) in [5.74, 6) is 0.946. The van der Waals surface area contributed by atoms with Crippen LogP contribution in [0.4, 0.5) is 0 Å². The van der Waals surface area contributed by atoms with Gasteiger partial charge in [0.1, 0.15) is 0 Å². The topological polar surface area (TPSA) is 20.3 Å². The third kappa shape index (κ3) is 3.82. The Kier molecular flexibility index (Phi) is 5.00. The average molecular weight is 259 g/mol. The summed E-state index contributed by atoms with van der Waals surface area (Å²) in [7, 11) is 1.99. The maximum Gasteiger partial charge on any atom is 0.222 e. The second kappa shape index (κ2) is 6.74. The fourth-order valence-electron chi connectivity index (χ4n) is 3.13. The second-order valence-electron chi connectivity index (χ2n) is 5.82. The van der Waals surface area contributed by atoms with Crippen LogP contribution in [0.1, 0.15) is 44.6 Å². The van der Waals surface area contributed by atoms with Gasteiger partial charge in [-0.25, -0.2) is 0 Å². The minimum Gasteiger partial charge on any atom is -0.343 e. The number of nitrogens with zero attached hydrogens (tertiary/aromatic N) is 1. The number of benzene rings is 1. The van der Waals surface area contributed by atoms with E-state index in [-0.39, 0.29) is 0 Å². The molecule has 2 nitrogen and oxygen atoms in total. The van der Waals surface area contributed by atoms with Crippen LogP contribution in [0, 0.1) is 5.92 Å². The molecule has 1 saturated carbocycles. The van der Waals surface area contributed by atoms with E-state index in [0.717, 1.165) is 6.42 Å². The van der Waals surface area contributed by atoms with E-state index in [0.29, 0.717) is 24.3 Å². The van der Waals surface area contributed by atoms with E-state index in [9.17, 15) is 4.79 Å². The average Bonchev–Trinajstić information content (AvgIpc) is 2.45. The molecule has 0 aromatic heterocycles. The summed E-state index contributed by atoms with van der Waals surface area (Å²) >= 11 is 0. The van der Waals surface area contributed by atoms with E-state index in [2.05, 4.69) is 19.1 Å². The number of aryl methyl sites for hydroxylation is 1. The number of hydrogen-bond acceptors (Lipinski definition) is 1. The van der Waals surface area contributed by atoms with Crippen molar-refractivity contribution in [3.63, 3.8) is 0 Å². The standard InChI is InChI=1S/C17H25NO/c1-14-8-6-7-11-16(14)18(2)17(19)13-12-15-9-4-3-5-10-15/h3-5,9-10,14,16H,6-8,11-13H2,1-2H3. The van der Waals surface area contributed by atoms with Crippen LogP contribution in [0.5, 0.6) is 0 Å². The fraction of sp³-hybridized carbons (Fsp3) is 0.588. The minimum atomic E-state index is 0.294. The third-order valence-corrected chi connectivity index (χ3v) is 4.43. The Balaban J connectivity index is 1.85. The lowest BCUT2D eigenvalue weighted by Crippen LogP contribution is -2.42. The Bertz CT molecular complexity index is 401. The lowest BCUT2D eigenvalue weighted by molar-refractivity contribution is -0.133. The molecule has 104 valence electrons. The van der Waals surface area contributed by atoms with E-state index < -0.39 is 0 Å². The monoisotopic (exact) mass is 259 g/mol. The molecule has 1 aromatic rings. The van der Waals surface area contributed by atoms with Crippen molar-refractivity contribution >= 4 is 5.91 Å². The van der Waals surface area contributed by atoms with Crippen LogP contribution >= 0.6 is 0 Å². The zero-order chi connectivity index (χ0) is 13.7. The minimum absolute atomic E-state index is 0.294. The molecule has 1 aliphatic carbocycles. The van der Waals surface area contributed by atoms with Gasteiger partial charge >= 0.3 is 0 Å². The van der Waals surface area contributed by atoms with Crippen molar-refractivity contribution in [2.45, 2.75) is 51.5 Å². The first kappa shape index (κ1) is 14.1. The molecule has 0 bridgehead atoms. The molecule has 1 fully saturated rings. The van der Waals surface area contributed by atoms with E-state index in [4.69, 9.17) is 0 Å². The molecule has 2 atom stereocenters. The zero-order valence-electron chi connectivity index (χ0n) is 12.1. The Morgan fingerprint density at radius 1 is 1.21 bits per heavy atom. The number of rotatable bonds is 4. The largest absolute Gasteiger partial charge is 0.343 e. The fourth-order valence-corrected chi connectivity index (χ4v) is 3.13. The van der Waals surface area contributed by atoms with Crippen molar-refractivity contribution in [1.29, 1.82) is 0 Å². The Morgan fingerprint density at radius 2 is 1.89 bits per heavy atom. The van der Waals surface area contributed by atoms with Crippen molar-refractivity contribution in [1.82, 2.24) is 4.90 Å². The lowest BCUT2D eigenvalue weighted by Gasteiger charge is -2.36. The van der Waals surface area contributed by atoms with Crippen LogP contribution < -0.4 is 0 Å². The zero-order valence-corrected chi connectivity index (χ0v) is 12.1. The molecule has 0 heterocycles. The molecule has 19 heavy (non-hydrogen) atoms. The van der Waals surface area contributed by atoms with Gasteiger partial charge in [0, 0.05) is 19.5 Å². The van der Waals surface area contributed by atoms with E-state index in [1.54, 1.807) is 0 Å². The highest BCUT2D eigenvalue weighted by Crippen LogP contribution is 2.27. The number of carbonyl (C=O) groups excluding carboxylic acids is 1. The molecule has 0 N–H and O–H groups in total. The van der Waals surface area contributed by atoms with Crippen molar-refractivity contribution in [3.8, 4) is 0 Å². The number of carbonyl (C=O) groups is 1. The summed E-state index contributed by atoms with van der Waals surface area (Å²) in [4.78, 5) is 14.3. The summed E-state index contributed by atoms with van der Waals surface area (Å²) in [5, 5.41) is 0. The molecule has 0 radical (unpaired) electrons. The molecule has 2 unspecified atom stereocenters. The van der Waals surface area contributed by atoms with Crippen LogP contribution in [-0.4, -0.2) is 23.9 Å². The van der Waals surface area contributed by atoms with Gasteiger partial charge in [-0.2, -0.15) is 0 Å². The lowest BCUT2D eigenvalue weighted by atomic mass is 9.85. The van der Waals surface area contributed by atoms with Crippen molar-refractivity contribution in [2.24, 2.45) is 5.92 Å². The van der Waals surface area contributed by atoms with E-state index >= 15 is 0 Å². The molecule has 0 saturated heterocycles. The second-order valence-corrected chi connectivity index (χ2v) is 5.82. The molecule has 0 aliphatic heterocycles. The normalized spacial score (nSPS) is 23.1. The molecule has 0 spiro atoms. The van der Waals surface area contributed by atoms with Gasteiger partial charge in [-0.3, -0.25) is 4.79 Å². The van der Waals surface area contributed by atoms with Gasteiger partial charge in [0.2, 0.25) is 5.91 Å². The maximum atomic E-state index is 12.3. The van der Waals surface area contributed by atoms with Crippen LogP contribution in [0.25, 0.3) is 0 Å². The highest BCUT2D eigenvalue weighted by molar-refractivity contribution is 5.76. The van der Waals surface area contributed by atoms with Crippen LogP contribution in [0.2, 0.25) is 0 Å². The van der Waals surface area contributed by atoms with Crippen molar-refractivity contribution in [3.05, 3.63) is 35.9 Å². The highest BCUT2D eigenvalue weighted by atomic mass is 16.2. The molecule has 1 amide bonds. The predicted octanol–water partition coefficient (Wildman–Crippen LogP) is 3.66. The summed E-state index contributed by atoms with van der Waals surface area (Å²) < 4.78 is 0. The first-order chi connectivity index (χ1) is 9.18. The maximum absolute atomic E-state index is 12.3. The first-order valence-corrected chi connectivity index (χ1v) is 7.48. The Hall–Kier alpha value is -1.31. The van der Waals surface area contributed by atoms with Crippen molar-refractivity contribution in [2.75, 3.05) is 7.05 Å². The van der Waals surface area contributed by atoms with Crippen LogP contribution in [-0.2, 0) is 11.2 Å². The Labute approximate surface area is 116 Å². The molecular weight excluding hydrogens is 234 g/mol. The molecule has 1 aromatic carbocycles. The summed E-state index contributed by atoms with van der Waals surface area (Å²) in [6.07, 6.45) is 6.51. The third-order valence-electron chi connectivity index (χ3n) is 4.43. The van der Waals surface area contributed by atoms with Gasteiger partial charge in [0.05, 0.1) is 0 Å². The number of hydrogen-bond donors (Lipinski definition) is 0. The summed E-state index contributed by atoms with van der Waals surface area (Å²) in [6, 6.07) is 10.7. The van der Waals surface area contributed by atoms with E-state index in [1.807, 2.05) is 30.1 Å². The van der Waals surface area contributed by atoms with Gasteiger partial charge < -0.3 is 4.90 Å². The SMILES string of the molecule is CC1CCCCC1N(C)C(=O)CCc1ccccc1. The van der Waals surface area contributed by atoms with Gasteiger partial charge in [0.15, 0.2) is 0 Å². The van der Waals surface area contributed by atoms with Crippen LogP contribution in [0.3, 0.4) is 0 Å². The van der Waals surface area contributed by atoms with Gasteiger partial charge in [-0.15, -0.1) is 0 Å². The smallest absolute Gasteiger partial charge is 0.222 e. The Morgan fingerprint density at radius 3 is 2.58 bits per heavy atom. The summed E-state index contributed by atoms with van der Waals surface area (Å²) in [5.41, 5.74) is 1.25. The molecular formula is C17H25NO. The van der Waals surface area contributed by atoms with Gasteiger partial charge in [-0.1, -0.05) is 50.1 Å². The summed E-state index contributed by atoms with van der Waals surface area (Å²) in [6.45, 7) is 2.28. The molecule has 2 rings (SSSR count). The quantitative estimate of drug-likeness (QED) is 0.808. The molecule has 1 aliphatic rings. The van der Waals surface area contributed by atoms with Crippen molar-refractivity contribution < 1.29 is 4.79 Å². The van der Waals surface area contributed by atoms with Crippen LogP contribution in [0.15, 0.2) is 30.3 Å². The molecule has 2 heteroatoms. The van der Waals surface area contributed by atoms with E-state index in [1.165, 1.54) is 31.2 Å². The number of amides is 1.